The number of hydrogen-bond acceptors (Lipinski definition) is 5. The van der Waals surface area contributed by atoms with Crippen molar-refractivity contribution in [1.29, 1.82) is 0 Å². The molecule has 27 heavy (non-hydrogen) atoms. The van der Waals surface area contributed by atoms with Crippen molar-refractivity contribution in [1.82, 2.24) is 15.2 Å². The molecule has 0 spiro atoms. The van der Waals surface area contributed by atoms with Crippen LogP contribution in [0.3, 0.4) is 0 Å². The van der Waals surface area contributed by atoms with Gasteiger partial charge in [-0.2, -0.15) is 0 Å². The van der Waals surface area contributed by atoms with Crippen LogP contribution >= 0.6 is 0 Å². The molecule has 1 fully saturated rings. The van der Waals surface area contributed by atoms with Gasteiger partial charge in [-0.15, -0.1) is 0 Å². The van der Waals surface area contributed by atoms with E-state index in [4.69, 9.17) is 14.1 Å². The molecule has 0 bridgehead atoms. The lowest BCUT2D eigenvalue weighted by Gasteiger charge is -2.31. The lowest BCUT2D eigenvalue weighted by Crippen LogP contribution is -2.43. The molecular formula is C21H29N3O3. The zero-order valence-corrected chi connectivity index (χ0v) is 16.5. The number of aryl methyl sites for hydroxylation is 2. The molecule has 6 heteroatoms. The van der Waals surface area contributed by atoms with Gasteiger partial charge in [0.25, 0.3) is 0 Å². The Balaban J connectivity index is 1.62. The largest absolute Gasteiger partial charge is 0.441 e. The molecular weight excluding hydrogens is 342 g/mol. The standard InChI is InChI=1S/C21H29N3O3/c1-15-6-4-7-17(12-15)21-23-19(16(2)27-21)14-24-10-5-8-18(13-24)20(25)22-9-11-26-3/h4,6-7,12,18H,5,8-11,13-14H2,1-3H3,(H,22,25). The van der Waals surface area contributed by atoms with E-state index in [0.717, 1.165) is 42.9 Å². The molecule has 1 aliphatic rings. The number of benzene rings is 1. The summed E-state index contributed by atoms with van der Waals surface area (Å²) in [6.07, 6.45) is 1.95. The van der Waals surface area contributed by atoms with E-state index in [-0.39, 0.29) is 11.8 Å². The first-order valence-electron chi connectivity index (χ1n) is 9.59. The highest BCUT2D eigenvalue weighted by Crippen LogP contribution is 2.25. The van der Waals surface area contributed by atoms with Crippen molar-refractivity contribution < 1.29 is 13.9 Å². The van der Waals surface area contributed by atoms with E-state index in [0.29, 0.717) is 25.6 Å². The zero-order valence-electron chi connectivity index (χ0n) is 16.5. The van der Waals surface area contributed by atoms with Crippen LogP contribution in [-0.2, 0) is 16.1 Å². The highest BCUT2D eigenvalue weighted by atomic mass is 16.5. The van der Waals surface area contributed by atoms with E-state index in [1.54, 1.807) is 7.11 Å². The Labute approximate surface area is 160 Å². The number of likely N-dealkylation sites (tertiary alicyclic amines) is 1. The number of methoxy groups -OCH3 is 1. The van der Waals surface area contributed by atoms with Gasteiger partial charge in [0.15, 0.2) is 0 Å². The highest BCUT2D eigenvalue weighted by molar-refractivity contribution is 5.78. The fourth-order valence-electron chi connectivity index (χ4n) is 3.52. The summed E-state index contributed by atoms with van der Waals surface area (Å²) in [5, 5.41) is 2.96. The fourth-order valence-corrected chi connectivity index (χ4v) is 3.52. The number of rotatable bonds is 7. The molecule has 6 nitrogen and oxygen atoms in total. The number of piperidine rings is 1. The smallest absolute Gasteiger partial charge is 0.226 e. The van der Waals surface area contributed by atoms with Crippen LogP contribution in [0.25, 0.3) is 11.5 Å². The molecule has 146 valence electrons. The molecule has 1 aliphatic heterocycles. The predicted molar refractivity (Wildman–Crippen MR) is 104 cm³/mol. The third-order valence-electron chi connectivity index (χ3n) is 5.01. The number of oxazole rings is 1. The molecule has 0 saturated carbocycles. The fraction of sp³-hybridized carbons (Fsp3) is 0.524. The number of hydrogen-bond donors (Lipinski definition) is 1. The average Bonchev–Trinajstić information content (AvgIpc) is 3.03. The van der Waals surface area contributed by atoms with Crippen molar-refractivity contribution >= 4 is 5.91 Å². The van der Waals surface area contributed by atoms with Crippen LogP contribution in [0.1, 0.15) is 29.9 Å². The summed E-state index contributed by atoms with van der Waals surface area (Å²) in [6.45, 7) is 7.57. The molecule has 1 saturated heterocycles. The minimum Gasteiger partial charge on any atom is -0.441 e. The number of ether oxygens (including phenoxy) is 1. The van der Waals surface area contributed by atoms with Gasteiger partial charge in [0.2, 0.25) is 11.8 Å². The number of carbonyl (C=O) groups is 1. The lowest BCUT2D eigenvalue weighted by atomic mass is 9.97. The van der Waals surface area contributed by atoms with Gasteiger partial charge in [-0.3, -0.25) is 9.69 Å². The average molecular weight is 371 g/mol. The topological polar surface area (TPSA) is 67.6 Å². The van der Waals surface area contributed by atoms with Crippen molar-refractivity contribution in [2.24, 2.45) is 5.92 Å². The monoisotopic (exact) mass is 371 g/mol. The molecule has 1 unspecified atom stereocenters. The summed E-state index contributed by atoms with van der Waals surface area (Å²) in [5.74, 6) is 1.66. The number of amides is 1. The van der Waals surface area contributed by atoms with Crippen LogP contribution in [0.15, 0.2) is 28.7 Å². The number of nitrogens with one attached hydrogen (secondary N) is 1. The third-order valence-corrected chi connectivity index (χ3v) is 5.01. The maximum atomic E-state index is 12.3. The molecule has 2 heterocycles. The first kappa shape index (κ1) is 19.6. The Morgan fingerprint density at radius 3 is 3.04 bits per heavy atom. The van der Waals surface area contributed by atoms with E-state index >= 15 is 0 Å². The van der Waals surface area contributed by atoms with Gasteiger partial charge in [-0.1, -0.05) is 17.7 Å². The van der Waals surface area contributed by atoms with Crippen LogP contribution in [-0.4, -0.2) is 49.1 Å². The van der Waals surface area contributed by atoms with Crippen LogP contribution in [0.5, 0.6) is 0 Å². The molecule has 1 atom stereocenters. The summed E-state index contributed by atoms with van der Waals surface area (Å²) >= 11 is 0. The van der Waals surface area contributed by atoms with E-state index in [9.17, 15) is 4.79 Å². The predicted octanol–water partition coefficient (Wildman–Crippen LogP) is 2.93. The number of nitrogens with zero attached hydrogens (tertiary/aromatic N) is 2. The number of carbonyl (C=O) groups excluding carboxylic acids is 1. The van der Waals surface area contributed by atoms with Gasteiger partial charge in [0, 0.05) is 32.3 Å². The van der Waals surface area contributed by atoms with Crippen molar-refractivity contribution in [2.75, 3.05) is 33.4 Å². The van der Waals surface area contributed by atoms with Gasteiger partial charge in [0.1, 0.15) is 5.76 Å². The molecule has 3 rings (SSSR count). The zero-order chi connectivity index (χ0) is 19.2. The first-order valence-corrected chi connectivity index (χ1v) is 9.59. The SMILES string of the molecule is COCCNC(=O)C1CCCN(Cc2nc(-c3cccc(C)c3)oc2C)C1. The van der Waals surface area contributed by atoms with Gasteiger partial charge >= 0.3 is 0 Å². The van der Waals surface area contributed by atoms with Crippen LogP contribution in [0.4, 0.5) is 0 Å². The Hall–Kier alpha value is -2.18. The van der Waals surface area contributed by atoms with Gasteiger partial charge < -0.3 is 14.5 Å². The van der Waals surface area contributed by atoms with Crippen molar-refractivity contribution in [2.45, 2.75) is 33.2 Å². The summed E-state index contributed by atoms with van der Waals surface area (Å²) in [4.78, 5) is 19.4. The first-order chi connectivity index (χ1) is 13.1. The van der Waals surface area contributed by atoms with Crippen molar-refractivity contribution in [3.8, 4) is 11.5 Å². The third kappa shape index (κ3) is 5.17. The second kappa shape index (κ2) is 9.15. The van der Waals surface area contributed by atoms with Crippen LogP contribution in [0, 0.1) is 19.8 Å². The summed E-state index contributed by atoms with van der Waals surface area (Å²) in [6, 6.07) is 8.17. The number of aromatic nitrogens is 1. The maximum Gasteiger partial charge on any atom is 0.226 e. The molecule has 1 aromatic carbocycles. The van der Waals surface area contributed by atoms with Gasteiger partial charge in [0.05, 0.1) is 18.2 Å². The van der Waals surface area contributed by atoms with Crippen molar-refractivity contribution in [3.63, 3.8) is 0 Å². The van der Waals surface area contributed by atoms with E-state index in [2.05, 4.69) is 29.3 Å². The highest BCUT2D eigenvalue weighted by Gasteiger charge is 2.26. The molecule has 0 radical (unpaired) electrons. The summed E-state index contributed by atoms with van der Waals surface area (Å²) in [7, 11) is 1.64. The van der Waals surface area contributed by atoms with Gasteiger partial charge in [-0.25, -0.2) is 4.98 Å². The quantitative estimate of drug-likeness (QED) is 0.758. The summed E-state index contributed by atoms with van der Waals surface area (Å²) in [5.41, 5.74) is 3.13. The van der Waals surface area contributed by atoms with Crippen LogP contribution < -0.4 is 5.32 Å². The summed E-state index contributed by atoms with van der Waals surface area (Å²) < 4.78 is 10.9. The normalized spacial score (nSPS) is 17.8. The van der Waals surface area contributed by atoms with Crippen LogP contribution in [0.2, 0.25) is 0 Å². The molecule has 0 aliphatic carbocycles. The molecule has 2 aromatic rings. The minimum absolute atomic E-state index is 0.0269. The van der Waals surface area contributed by atoms with E-state index in [1.807, 2.05) is 19.1 Å². The maximum absolute atomic E-state index is 12.3. The van der Waals surface area contributed by atoms with E-state index in [1.165, 1.54) is 5.56 Å². The molecule has 1 N–H and O–H groups in total. The molecule has 1 aromatic heterocycles. The van der Waals surface area contributed by atoms with Crippen molar-refractivity contribution in [3.05, 3.63) is 41.3 Å². The van der Waals surface area contributed by atoms with E-state index < -0.39 is 0 Å². The Morgan fingerprint density at radius 1 is 1.41 bits per heavy atom. The second-order valence-corrected chi connectivity index (χ2v) is 7.25. The Kier molecular flexibility index (Phi) is 6.63. The lowest BCUT2D eigenvalue weighted by molar-refractivity contribution is -0.127. The Bertz CT molecular complexity index is 772. The second-order valence-electron chi connectivity index (χ2n) is 7.25. The van der Waals surface area contributed by atoms with Gasteiger partial charge in [-0.05, 0) is 45.4 Å². The molecule has 1 amide bonds. The Morgan fingerprint density at radius 2 is 2.26 bits per heavy atom. The minimum atomic E-state index is 0.0269.